The van der Waals surface area contributed by atoms with E-state index >= 15 is 0 Å². The molecule has 26 heavy (non-hydrogen) atoms. The third-order valence-electron chi connectivity index (χ3n) is 4.05. The summed E-state index contributed by atoms with van der Waals surface area (Å²) in [6.07, 6.45) is 0.249. The van der Waals surface area contributed by atoms with Crippen molar-refractivity contribution in [3.8, 4) is 0 Å². The molecule has 0 spiro atoms. The summed E-state index contributed by atoms with van der Waals surface area (Å²) in [6.45, 7) is 0. The highest BCUT2D eigenvalue weighted by atomic mass is 79.9. The number of nitrogens with one attached hydrogen (secondary N) is 2. The highest BCUT2D eigenvalue weighted by Crippen LogP contribution is 2.25. The van der Waals surface area contributed by atoms with E-state index in [-0.39, 0.29) is 30.2 Å². The molecule has 2 N–H and O–H groups in total. The van der Waals surface area contributed by atoms with Crippen LogP contribution in [0.25, 0.3) is 0 Å². The topological polar surface area (TPSA) is 73.8 Å². The molecule has 1 heterocycles. The second-order valence-electron chi connectivity index (χ2n) is 6.19. The van der Waals surface area contributed by atoms with E-state index in [1.807, 2.05) is 43.3 Å². The predicted octanol–water partition coefficient (Wildman–Crippen LogP) is 2.86. The van der Waals surface area contributed by atoms with Gasteiger partial charge in [0.1, 0.15) is 0 Å². The third-order valence-corrected chi connectivity index (χ3v) is 4.58. The molecule has 0 aromatic heterocycles. The first-order valence-electron chi connectivity index (χ1n) is 8.14. The zero-order valence-corrected chi connectivity index (χ0v) is 16.1. The van der Waals surface area contributed by atoms with E-state index in [4.69, 9.17) is 0 Å². The molecule has 0 saturated heterocycles. The van der Waals surface area contributed by atoms with Gasteiger partial charge in [-0.2, -0.15) is 0 Å². The number of guanidine groups is 1. The van der Waals surface area contributed by atoms with Crippen LogP contribution in [0.5, 0.6) is 0 Å². The minimum atomic E-state index is -0.319. The number of hydrogen-bond donors (Lipinski definition) is 2. The molecule has 0 fully saturated rings. The SMILES string of the molecule is CN(C)c1ccc([C@@H]2CC(=O)NC(NC(=O)c3ccc(Br)cc3)=N2)cc1. The molecular weight excluding hydrogens is 396 g/mol. The first-order chi connectivity index (χ1) is 12.4. The minimum absolute atomic E-state index is 0.173. The summed E-state index contributed by atoms with van der Waals surface area (Å²) in [5.41, 5.74) is 2.49. The van der Waals surface area contributed by atoms with Gasteiger partial charge in [0.15, 0.2) is 0 Å². The Morgan fingerprint density at radius 2 is 1.81 bits per heavy atom. The molecule has 2 amide bonds. The summed E-state index contributed by atoms with van der Waals surface area (Å²) in [5.74, 6) is -0.316. The molecule has 0 aliphatic carbocycles. The number of aliphatic imine (C=N–C) groups is 1. The van der Waals surface area contributed by atoms with Crippen LogP contribution >= 0.6 is 15.9 Å². The Balaban J connectivity index is 1.77. The first-order valence-corrected chi connectivity index (χ1v) is 8.93. The fourth-order valence-corrected chi connectivity index (χ4v) is 2.89. The first kappa shape index (κ1) is 18.1. The lowest BCUT2D eigenvalue weighted by Gasteiger charge is -2.22. The van der Waals surface area contributed by atoms with Crippen molar-refractivity contribution in [2.45, 2.75) is 12.5 Å². The molecule has 134 valence electrons. The summed E-state index contributed by atoms with van der Waals surface area (Å²) in [6, 6.07) is 14.5. The van der Waals surface area contributed by atoms with Crippen LogP contribution in [0.1, 0.15) is 28.4 Å². The van der Waals surface area contributed by atoms with Gasteiger partial charge in [-0.3, -0.25) is 20.2 Å². The zero-order chi connectivity index (χ0) is 18.7. The lowest BCUT2D eigenvalue weighted by atomic mass is 10.0. The highest BCUT2D eigenvalue weighted by molar-refractivity contribution is 9.10. The maximum absolute atomic E-state index is 12.3. The molecule has 0 bridgehead atoms. The van der Waals surface area contributed by atoms with E-state index in [1.54, 1.807) is 24.3 Å². The van der Waals surface area contributed by atoms with Gasteiger partial charge in [0, 0.05) is 29.8 Å². The van der Waals surface area contributed by atoms with Gasteiger partial charge in [0.2, 0.25) is 11.9 Å². The summed E-state index contributed by atoms with van der Waals surface area (Å²) in [4.78, 5) is 30.9. The van der Waals surface area contributed by atoms with Gasteiger partial charge in [-0.05, 0) is 42.0 Å². The van der Waals surface area contributed by atoms with Crippen LogP contribution in [0.15, 0.2) is 58.0 Å². The molecule has 7 heteroatoms. The van der Waals surface area contributed by atoms with Gasteiger partial charge < -0.3 is 4.90 Å². The van der Waals surface area contributed by atoms with Gasteiger partial charge in [-0.1, -0.05) is 28.1 Å². The Morgan fingerprint density at radius 1 is 1.15 bits per heavy atom. The van der Waals surface area contributed by atoms with Crippen LogP contribution in [0.3, 0.4) is 0 Å². The lowest BCUT2D eigenvalue weighted by Crippen LogP contribution is -2.47. The Morgan fingerprint density at radius 3 is 2.42 bits per heavy atom. The van der Waals surface area contributed by atoms with Gasteiger partial charge in [0.25, 0.3) is 5.91 Å². The van der Waals surface area contributed by atoms with E-state index in [1.165, 1.54) is 0 Å². The van der Waals surface area contributed by atoms with E-state index in [9.17, 15) is 9.59 Å². The minimum Gasteiger partial charge on any atom is -0.378 e. The molecule has 0 unspecified atom stereocenters. The van der Waals surface area contributed by atoms with E-state index in [0.29, 0.717) is 5.56 Å². The Kier molecular flexibility index (Phi) is 5.37. The number of nitrogens with zero attached hydrogens (tertiary/aromatic N) is 2. The largest absolute Gasteiger partial charge is 0.378 e. The highest BCUT2D eigenvalue weighted by Gasteiger charge is 2.23. The molecule has 2 aromatic carbocycles. The zero-order valence-electron chi connectivity index (χ0n) is 14.5. The number of anilines is 1. The van der Waals surface area contributed by atoms with E-state index in [2.05, 4.69) is 31.6 Å². The number of carbonyl (C=O) groups is 2. The molecule has 1 aliphatic rings. The molecule has 3 rings (SSSR count). The standard InChI is InChI=1S/C19H19BrN4O2/c1-24(2)15-9-5-12(6-10-15)16-11-17(25)22-19(21-16)23-18(26)13-3-7-14(20)8-4-13/h3-10,16H,11H2,1-2H3,(H2,21,22,23,25,26)/t16-/m0/s1. The molecule has 1 aliphatic heterocycles. The summed E-state index contributed by atoms with van der Waals surface area (Å²) >= 11 is 3.33. The van der Waals surface area contributed by atoms with E-state index in [0.717, 1.165) is 15.7 Å². The molecule has 6 nitrogen and oxygen atoms in total. The Hall–Kier alpha value is -2.67. The third kappa shape index (κ3) is 4.29. The van der Waals surface area contributed by atoms with Crippen molar-refractivity contribution >= 4 is 39.4 Å². The number of halogens is 1. The van der Waals surface area contributed by atoms with Crippen LogP contribution in [0.4, 0.5) is 5.69 Å². The number of carbonyl (C=O) groups excluding carboxylic acids is 2. The summed E-state index contributed by atoms with van der Waals surface area (Å²) < 4.78 is 0.888. The van der Waals surface area contributed by atoms with Crippen molar-refractivity contribution in [1.29, 1.82) is 0 Å². The normalized spacial score (nSPS) is 16.5. The Bertz CT molecular complexity index is 845. The van der Waals surface area contributed by atoms with Crippen LogP contribution in [0.2, 0.25) is 0 Å². The Labute approximate surface area is 160 Å². The van der Waals surface area contributed by atoms with Crippen LogP contribution in [-0.4, -0.2) is 31.9 Å². The monoisotopic (exact) mass is 414 g/mol. The van der Waals surface area contributed by atoms with Gasteiger partial charge in [-0.15, -0.1) is 0 Å². The van der Waals surface area contributed by atoms with Gasteiger partial charge in [-0.25, -0.2) is 4.99 Å². The number of hydrogen-bond acceptors (Lipinski definition) is 4. The number of benzene rings is 2. The van der Waals surface area contributed by atoms with E-state index < -0.39 is 0 Å². The van der Waals surface area contributed by atoms with Crippen LogP contribution < -0.4 is 15.5 Å². The summed E-state index contributed by atoms with van der Waals surface area (Å²) in [7, 11) is 3.94. The quantitative estimate of drug-likeness (QED) is 0.810. The molecule has 0 saturated carbocycles. The van der Waals surface area contributed by atoms with Crippen LogP contribution in [-0.2, 0) is 4.79 Å². The smallest absolute Gasteiger partial charge is 0.257 e. The second-order valence-corrected chi connectivity index (χ2v) is 7.11. The fraction of sp³-hybridized carbons (Fsp3) is 0.211. The fourth-order valence-electron chi connectivity index (χ4n) is 2.62. The molecule has 0 radical (unpaired) electrons. The average Bonchev–Trinajstić information content (AvgIpc) is 2.61. The van der Waals surface area contributed by atoms with Crippen molar-refractivity contribution < 1.29 is 9.59 Å². The van der Waals surface area contributed by atoms with Crippen molar-refractivity contribution in [2.75, 3.05) is 19.0 Å². The maximum Gasteiger partial charge on any atom is 0.257 e. The molecule has 1 atom stereocenters. The van der Waals surface area contributed by atoms with Crippen molar-refractivity contribution in [3.05, 3.63) is 64.1 Å². The average molecular weight is 415 g/mol. The maximum atomic E-state index is 12.3. The van der Waals surface area contributed by atoms with Crippen molar-refractivity contribution in [1.82, 2.24) is 10.6 Å². The second kappa shape index (κ2) is 7.70. The van der Waals surface area contributed by atoms with Crippen molar-refractivity contribution in [2.24, 2.45) is 4.99 Å². The van der Waals surface area contributed by atoms with Crippen LogP contribution in [0, 0.1) is 0 Å². The van der Waals surface area contributed by atoms with Crippen molar-refractivity contribution in [3.63, 3.8) is 0 Å². The van der Waals surface area contributed by atoms with Gasteiger partial charge >= 0.3 is 0 Å². The predicted molar refractivity (Wildman–Crippen MR) is 105 cm³/mol. The molecular formula is C19H19BrN4O2. The lowest BCUT2D eigenvalue weighted by molar-refractivity contribution is -0.120. The summed E-state index contributed by atoms with van der Waals surface area (Å²) in [5, 5.41) is 5.29. The number of amides is 2. The van der Waals surface area contributed by atoms with Gasteiger partial charge in [0.05, 0.1) is 12.5 Å². The molecule has 2 aromatic rings. The number of rotatable bonds is 3.